The fourth-order valence-corrected chi connectivity index (χ4v) is 3.38. The maximum absolute atomic E-state index is 12.4. The minimum atomic E-state index is -0.263. The molecule has 6 nitrogen and oxygen atoms in total. The number of anilines is 1. The van der Waals surface area contributed by atoms with Crippen LogP contribution in [-0.2, 0) is 4.79 Å². The topological polar surface area (TPSA) is 79.9 Å². The molecule has 0 spiro atoms. The smallest absolute Gasteiger partial charge is 0.263 e. The van der Waals surface area contributed by atoms with Gasteiger partial charge < -0.3 is 10.1 Å². The van der Waals surface area contributed by atoms with Gasteiger partial charge in [-0.2, -0.15) is 5.10 Å². The van der Waals surface area contributed by atoms with Crippen LogP contribution in [0.25, 0.3) is 32.7 Å². The lowest BCUT2D eigenvalue weighted by Crippen LogP contribution is -2.20. The summed E-state index contributed by atoms with van der Waals surface area (Å²) in [5.41, 5.74) is 2.04. The average Bonchev–Trinajstić information content (AvgIpc) is 3.32. The van der Waals surface area contributed by atoms with Crippen molar-refractivity contribution in [3.05, 3.63) is 85.3 Å². The summed E-state index contributed by atoms with van der Waals surface area (Å²) in [5.74, 6) is 0.875. The molecule has 0 aliphatic rings. The fraction of sp³-hybridized carbons (Fsp3) is 0.0417. The molecule has 0 radical (unpaired) electrons. The van der Waals surface area contributed by atoms with E-state index in [1.54, 1.807) is 12.4 Å². The molecule has 0 atom stereocenters. The SMILES string of the molecule is O=C(COc1ccc2ccccc2c1)Nc1cc2cc(-c3cn[nH]c3)ccc2cn1. The molecule has 6 heteroatoms. The van der Waals surface area contributed by atoms with E-state index < -0.39 is 0 Å². The molecule has 2 N–H and O–H groups in total. The Labute approximate surface area is 172 Å². The predicted molar refractivity (Wildman–Crippen MR) is 117 cm³/mol. The van der Waals surface area contributed by atoms with Gasteiger partial charge in [0, 0.05) is 23.3 Å². The highest BCUT2D eigenvalue weighted by Crippen LogP contribution is 2.25. The number of aromatic amines is 1. The molecule has 0 saturated heterocycles. The quantitative estimate of drug-likeness (QED) is 0.449. The molecular weight excluding hydrogens is 376 g/mol. The third-order valence-corrected chi connectivity index (χ3v) is 4.91. The monoisotopic (exact) mass is 394 g/mol. The zero-order valence-electron chi connectivity index (χ0n) is 16.0. The van der Waals surface area contributed by atoms with Crippen LogP contribution < -0.4 is 10.1 Å². The number of nitrogens with one attached hydrogen (secondary N) is 2. The Morgan fingerprint density at radius 1 is 0.867 bits per heavy atom. The van der Waals surface area contributed by atoms with Crippen molar-refractivity contribution < 1.29 is 9.53 Å². The van der Waals surface area contributed by atoms with Crippen LogP contribution in [0.4, 0.5) is 5.82 Å². The highest BCUT2D eigenvalue weighted by atomic mass is 16.5. The van der Waals surface area contributed by atoms with Gasteiger partial charge in [-0.15, -0.1) is 0 Å². The lowest BCUT2D eigenvalue weighted by molar-refractivity contribution is -0.118. The van der Waals surface area contributed by atoms with E-state index >= 15 is 0 Å². The molecule has 1 amide bonds. The number of hydrogen-bond acceptors (Lipinski definition) is 4. The Morgan fingerprint density at radius 3 is 2.60 bits per heavy atom. The van der Waals surface area contributed by atoms with Gasteiger partial charge in [0.2, 0.25) is 0 Å². The summed E-state index contributed by atoms with van der Waals surface area (Å²) in [6, 6.07) is 21.7. The van der Waals surface area contributed by atoms with E-state index in [1.165, 1.54) is 0 Å². The molecule has 0 bridgehead atoms. The van der Waals surface area contributed by atoms with E-state index in [2.05, 4.69) is 20.5 Å². The van der Waals surface area contributed by atoms with E-state index in [-0.39, 0.29) is 12.5 Å². The molecule has 3 aromatic carbocycles. The molecule has 5 aromatic rings. The second-order valence-corrected chi connectivity index (χ2v) is 6.96. The number of pyridine rings is 1. The molecular formula is C24H18N4O2. The van der Waals surface area contributed by atoms with Crippen molar-refractivity contribution in [2.45, 2.75) is 0 Å². The number of fused-ring (bicyclic) bond motifs is 2. The third kappa shape index (κ3) is 3.71. The van der Waals surface area contributed by atoms with Gasteiger partial charge in [0.1, 0.15) is 11.6 Å². The number of carbonyl (C=O) groups excluding carboxylic acids is 1. The number of ether oxygens (including phenoxy) is 1. The van der Waals surface area contributed by atoms with E-state index in [1.807, 2.05) is 72.9 Å². The average molecular weight is 394 g/mol. The second-order valence-electron chi connectivity index (χ2n) is 6.96. The van der Waals surface area contributed by atoms with Crippen LogP contribution in [0.2, 0.25) is 0 Å². The van der Waals surface area contributed by atoms with Gasteiger partial charge in [0.15, 0.2) is 6.61 Å². The summed E-state index contributed by atoms with van der Waals surface area (Å²) >= 11 is 0. The van der Waals surface area contributed by atoms with Crippen LogP contribution >= 0.6 is 0 Å². The first-order chi connectivity index (χ1) is 14.7. The minimum absolute atomic E-state index is 0.0902. The first-order valence-electron chi connectivity index (χ1n) is 9.55. The molecule has 0 fully saturated rings. The zero-order valence-corrected chi connectivity index (χ0v) is 16.0. The number of benzene rings is 3. The number of aromatic nitrogens is 3. The maximum atomic E-state index is 12.4. The van der Waals surface area contributed by atoms with Crippen molar-refractivity contribution >= 4 is 33.3 Å². The van der Waals surface area contributed by atoms with E-state index in [0.29, 0.717) is 11.6 Å². The van der Waals surface area contributed by atoms with Crippen molar-refractivity contribution in [3.8, 4) is 16.9 Å². The molecule has 5 rings (SSSR count). The number of amides is 1. The molecule has 30 heavy (non-hydrogen) atoms. The normalized spacial score (nSPS) is 10.9. The van der Waals surface area contributed by atoms with Crippen LogP contribution in [0.1, 0.15) is 0 Å². The highest BCUT2D eigenvalue weighted by molar-refractivity contribution is 5.94. The predicted octanol–water partition coefficient (Wildman–Crippen LogP) is 4.80. The van der Waals surface area contributed by atoms with Gasteiger partial charge in [-0.25, -0.2) is 4.98 Å². The Kier molecular flexibility index (Phi) is 4.57. The summed E-state index contributed by atoms with van der Waals surface area (Å²) in [4.78, 5) is 16.7. The van der Waals surface area contributed by atoms with Gasteiger partial charge in [-0.3, -0.25) is 9.89 Å². The fourth-order valence-electron chi connectivity index (χ4n) is 3.38. The van der Waals surface area contributed by atoms with Crippen molar-refractivity contribution in [3.63, 3.8) is 0 Å². The number of H-pyrrole nitrogens is 1. The van der Waals surface area contributed by atoms with Gasteiger partial charge in [0.25, 0.3) is 5.91 Å². The van der Waals surface area contributed by atoms with E-state index in [9.17, 15) is 4.79 Å². The van der Waals surface area contributed by atoms with Gasteiger partial charge >= 0.3 is 0 Å². The van der Waals surface area contributed by atoms with Crippen molar-refractivity contribution in [2.75, 3.05) is 11.9 Å². The summed E-state index contributed by atoms with van der Waals surface area (Å²) < 4.78 is 5.65. The first-order valence-corrected chi connectivity index (χ1v) is 9.55. The Morgan fingerprint density at radius 2 is 1.73 bits per heavy atom. The molecule has 0 aliphatic carbocycles. The summed E-state index contributed by atoms with van der Waals surface area (Å²) in [5, 5.41) is 13.8. The second kappa shape index (κ2) is 7.67. The molecule has 146 valence electrons. The molecule has 2 heterocycles. The number of rotatable bonds is 5. The largest absolute Gasteiger partial charge is 0.484 e. The Balaban J connectivity index is 1.28. The summed E-state index contributed by atoms with van der Waals surface area (Å²) in [7, 11) is 0. The molecule has 2 aromatic heterocycles. The Hall–Kier alpha value is -4.19. The third-order valence-electron chi connectivity index (χ3n) is 4.91. The van der Waals surface area contributed by atoms with E-state index in [4.69, 9.17) is 4.74 Å². The minimum Gasteiger partial charge on any atom is -0.484 e. The zero-order chi connectivity index (χ0) is 20.3. The van der Waals surface area contributed by atoms with Crippen molar-refractivity contribution in [1.82, 2.24) is 15.2 Å². The number of carbonyl (C=O) groups is 1. The highest BCUT2D eigenvalue weighted by Gasteiger charge is 2.07. The van der Waals surface area contributed by atoms with E-state index in [0.717, 1.165) is 32.7 Å². The number of hydrogen-bond donors (Lipinski definition) is 2. The van der Waals surface area contributed by atoms with Crippen LogP contribution in [0, 0.1) is 0 Å². The van der Waals surface area contributed by atoms with Gasteiger partial charge in [0.05, 0.1) is 6.20 Å². The van der Waals surface area contributed by atoms with Crippen LogP contribution in [0.3, 0.4) is 0 Å². The van der Waals surface area contributed by atoms with Gasteiger partial charge in [-0.05, 0) is 46.0 Å². The molecule has 0 saturated carbocycles. The van der Waals surface area contributed by atoms with Crippen LogP contribution in [-0.4, -0.2) is 27.7 Å². The van der Waals surface area contributed by atoms with Crippen LogP contribution in [0.5, 0.6) is 5.75 Å². The molecule has 0 aliphatic heterocycles. The lowest BCUT2D eigenvalue weighted by Gasteiger charge is -2.09. The molecule has 0 unspecified atom stereocenters. The maximum Gasteiger partial charge on any atom is 0.263 e. The first kappa shape index (κ1) is 17.9. The standard InChI is InChI=1S/C24H18N4O2/c29-24(15-30-22-8-7-16-3-1-2-4-17(16)10-22)28-23-11-20-9-18(21-13-26-27-14-21)5-6-19(20)12-25-23/h1-14H,15H2,(H,26,27)(H,25,28,29). The van der Waals surface area contributed by atoms with Crippen molar-refractivity contribution in [1.29, 1.82) is 0 Å². The van der Waals surface area contributed by atoms with Gasteiger partial charge in [-0.1, -0.05) is 42.5 Å². The Bertz CT molecular complexity index is 1350. The summed E-state index contributed by atoms with van der Waals surface area (Å²) in [6.07, 6.45) is 5.36. The number of nitrogens with zero attached hydrogens (tertiary/aromatic N) is 2. The lowest BCUT2D eigenvalue weighted by atomic mass is 10.1. The van der Waals surface area contributed by atoms with Crippen LogP contribution in [0.15, 0.2) is 85.3 Å². The summed E-state index contributed by atoms with van der Waals surface area (Å²) in [6.45, 7) is -0.0902. The van der Waals surface area contributed by atoms with Crippen molar-refractivity contribution in [2.24, 2.45) is 0 Å².